The minimum absolute atomic E-state index is 0.180. The van der Waals surface area contributed by atoms with Crippen molar-refractivity contribution in [1.82, 2.24) is 15.3 Å². The summed E-state index contributed by atoms with van der Waals surface area (Å²) in [5.74, 6) is -0.180. The Morgan fingerprint density at radius 1 is 1.18 bits per heavy atom. The van der Waals surface area contributed by atoms with E-state index in [-0.39, 0.29) is 5.82 Å². The van der Waals surface area contributed by atoms with Gasteiger partial charge in [0.15, 0.2) is 0 Å². The molecule has 0 saturated heterocycles. The van der Waals surface area contributed by atoms with Crippen molar-refractivity contribution in [2.24, 2.45) is 0 Å². The van der Waals surface area contributed by atoms with Crippen molar-refractivity contribution in [1.29, 1.82) is 0 Å². The highest BCUT2D eigenvalue weighted by Crippen LogP contribution is 2.28. The van der Waals surface area contributed by atoms with E-state index in [1.54, 1.807) is 31.3 Å². The maximum absolute atomic E-state index is 12.5. The molecule has 0 radical (unpaired) electrons. The highest BCUT2D eigenvalue weighted by Gasteiger charge is 2.32. The number of halogens is 3. The summed E-state index contributed by atoms with van der Waals surface area (Å²) in [6, 6.07) is 7.47. The zero-order chi connectivity index (χ0) is 16.2. The fraction of sp³-hybridized carbons (Fsp3) is 0.214. The Bertz CT molecular complexity index is 646. The summed E-state index contributed by atoms with van der Waals surface area (Å²) >= 11 is 0. The molecule has 1 unspecified atom stereocenters. The number of urea groups is 1. The third-order valence-corrected chi connectivity index (χ3v) is 2.76. The van der Waals surface area contributed by atoms with Gasteiger partial charge in [0.25, 0.3) is 0 Å². The first kappa shape index (κ1) is 15.7. The van der Waals surface area contributed by atoms with Gasteiger partial charge in [-0.05, 0) is 31.2 Å². The van der Waals surface area contributed by atoms with E-state index in [0.29, 0.717) is 5.69 Å². The van der Waals surface area contributed by atoms with Crippen LogP contribution in [0.4, 0.5) is 23.8 Å². The monoisotopic (exact) mass is 310 g/mol. The highest BCUT2D eigenvalue weighted by atomic mass is 19.4. The molecule has 2 aromatic rings. The van der Waals surface area contributed by atoms with Crippen LogP contribution in [-0.4, -0.2) is 16.0 Å². The first-order chi connectivity index (χ1) is 10.4. The Labute approximate surface area is 124 Å². The van der Waals surface area contributed by atoms with Gasteiger partial charge in [0, 0.05) is 6.20 Å². The topological polar surface area (TPSA) is 66.9 Å². The van der Waals surface area contributed by atoms with Crippen molar-refractivity contribution >= 4 is 11.8 Å². The Morgan fingerprint density at radius 2 is 1.95 bits per heavy atom. The van der Waals surface area contributed by atoms with Crippen LogP contribution in [0.25, 0.3) is 0 Å². The number of nitrogens with zero attached hydrogens (tertiary/aromatic N) is 2. The Balaban J connectivity index is 2.01. The average Bonchev–Trinajstić information content (AvgIpc) is 2.47. The molecule has 8 heteroatoms. The maximum atomic E-state index is 12.5. The zero-order valence-electron chi connectivity index (χ0n) is 11.6. The van der Waals surface area contributed by atoms with E-state index in [1.807, 2.05) is 0 Å². The number of hydrogen-bond acceptors (Lipinski definition) is 3. The van der Waals surface area contributed by atoms with Crippen molar-refractivity contribution in [3.8, 4) is 0 Å². The summed E-state index contributed by atoms with van der Waals surface area (Å²) < 4.78 is 37.6. The second-order valence-electron chi connectivity index (χ2n) is 4.48. The van der Waals surface area contributed by atoms with E-state index in [1.165, 1.54) is 12.1 Å². The van der Waals surface area contributed by atoms with Gasteiger partial charge >= 0.3 is 12.2 Å². The minimum atomic E-state index is -4.56. The molecule has 5 nitrogen and oxygen atoms in total. The second-order valence-corrected chi connectivity index (χ2v) is 4.48. The number of anilines is 1. The average molecular weight is 310 g/mol. The number of amides is 2. The molecule has 2 heterocycles. The van der Waals surface area contributed by atoms with Crippen LogP contribution < -0.4 is 10.6 Å². The van der Waals surface area contributed by atoms with E-state index in [2.05, 4.69) is 20.6 Å². The zero-order valence-corrected chi connectivity index (χ0v) is 11.6. The van der Waals surface area contributed by atoms with Gasteiger partial charge in [-0.2, -0.15) is 13.2 Å². The van der Waals surface area contributed by atoms with E-state index in [4.69, 9.17) is 0 Å². The molecule has 2 aromatic heterocycles. The third kappa shape index (κ3) is 4.18. The first-order valence-electron chi connectivity index (χ1n) is 6.39. The van der Waals surface area contributed by atoms with Crippen molar-refractivity contribution in [2.75, 3.05) is 5.32 Å². The molecule has 22 heavy (non-hydrogen) atoms. The van der Waals surface area contributed by atoms with Gasteiger partial charge in [-0.3, -0.25) is 10.3 Å². The fourth-order valence-electron chi connectivity index (χ4n) is 1.72. The summed E-state index contributed by atoms with van der Waals surface area (Å²) in [4.78, 5) is 19.2. The first-order valence-corrected chi connectivity index (χ1v) is 6.39. The highest BCUT2D eigenvalue weighted by molar-refractivity contribution is 5.88. The van der Waals surface area contributed by atoms with Gasteiger partial charge in [-0.1, -0.05) is 12.1 Å². The van der Waals surface area contributed by atoms with E-state index in [9.17, 15) is 18.0 Å². The second kappa shape index (κ2) is 6.42. The number of pyridine rings is 2. The molecule has 0 aliphatic heterocycles. The number of carbonyl (C=O) groups excluding carboxylic acids is 1. The SMILES string of the molecule is CC(NC(=O)Nc1cccc(C(F)(F)F)n1)c1ccccn1. The molecule has 116 valence electrons. The molecule has 0 saturated carbocycles. The van der Waals surface area contributed by atoms with Crippen LogP contribution in [0.5, 0.6) is 0 Å². The molecule has 2 amide bonds. The summed E-state index contributed by atoms with van der Waals surface area (Å²) in [7, 11) is 0. The van der Waals surface area contributed by atoms with E-state index in [0.717, 1.165) is 6.07 Å². The van der Waals surface area contributed by atoms with Crippen LogP contribution in [0.2, 0.25) is 0 Å². The van der Waals surface area contributed by atoms with Crippen LogP contribution in [0, 0.1) is 0 Å². The quantitative estimate of drug-likeness (QED) is 0.913. The standard InChI is InChI=1S/C14H13F3N4O/c1-9(10-5-2-3-8-18-10)19-13(22)21-12-7-4-6-11(20-12)14(15,16)17/h2-9H,1H3,(H2,19,20,21,22). The fourth-order valence-corrected chi connectivity index (χ4v) is 1.72. The molecule has 2 N–H and O–H groups in total. The number of hydrogen-bond donors (Lipinski definition) is 2. The number of carbonyl (C=O) groups is 1. The molecule has 0 aromatic carbocycles. The Hall–Kier alpha value is -2.64. The lowest BCUT2D eigenvalue weighted by atomic mass is 10.2. The largest absolute Gasteiger partial charge is 0.433 e. The predicted octanol–water partition coefficient (Wildman–Crippen LogP) is 3.38. The van der Waals surface area contributed by atoms with Gasteiger partial charge < -0.3 is 5.32 Å². The maximum Gasteiger partial charge on any atom is 0.433 e. The summed E-state index contributed by atoms with van der Waals surface area (Å²) in [6.07, 6.45) is -2.98. The molecular weight excluding hydrogens is 297 g/mol. The van der Waals surface area contributed by atoms with Gasteiger partial charge in [-0.25, -0.2) is 9.78 Å². The molecule has 2 rings (SSSR count). The minimum Gasteiger partial charge on any atom is -0.330 e. The summed E-state index contributed by atoms with van der Waals surface area (Å²) in [6.45, 7) is 1.71. The third-order valence-electron chi connectivity index (χ3n) is 2.76. The molecule has 0 aliphatic rings. The van der Waals surface area contributed by atoms with Crippen LogP contribution >= 0.6 is 0 Å². The number of aromatic nitrogens is 2. The lowest BCUT2D eigenvalue weighted by Crippen LogP contribution is -2.32. The van der Waals surface area contributed by atoms with E-state index >= 15 is 0 Å². The Morgan fingerprint density at radius 3 is 2.59 bits per heavy atom. The number of alkyl halides is 3. The lowest BCUT2D eigenvalue weighted by molar-refractivity contribution is -0.141. The van der Waals surface area contributed by atoms with Gasteiger partial charge in [0.2, 0.25) is 0 Å². The van der Waals surface area contributed by atoms with Crippen LogP contribution in [0.15, 0.2) is 42.6 Å². The van der Waals surface area contributed by atoms with Crippen molar-refractivity contribution in [3.05, 3.63) is 54.0 Å². The van der Waals surface area contributed by atoms with Crippen molar-refractivity contribution in [2.45, 2.75) is 19.1 Å². The number of rotatable bonds is 3. The van der Waals surface area contributed by atoms with Crippen molar-refractivity contribution in [3.63, 3.8) is 0 Å². The smallest absolute Gasteiger partial charge is 0.330 e. The Kier molecular flexibility index (Phi) is 4.59. The van der Waals surface area contributed by atoms with Crippen molar-refractivity contribution < 1.29 is 18.0 Å². The van der Waals surface area contributed by atoms with E-state index < -0.39 is 23.9 Å². The molecule has 1 atom stereocenters. The van der Waals surface area contributed by atoms with Gasteiger partial charge in [0.1, 0.15) is 11.5 Å². The molecular formula is C14H13F3N4O. The van der Waals surface area contributed by atoms with Gasteiger partial charge in [0.05, 0.1) is 11.7 Å². The molecule has 0 fully saturated rings. The van der Waals surface area contributed by atoms with Crippen LogP contribution in [-0.2, 0) is 6.18 Å². The normalized spacial score (nSPS) is 12.5. The molecule has 0 spiro atoms. The predicted molar refractivity (Wildman–Crippen MR) is 74.0 cm³/mol. The number of nitrogens with one attached hydrogen (secondary N) is 2. The molecule has 0 aliphatic carbocycles. The van der Waals surface area contributed by atoms with Crippen LogP contribution in [0.1, 0.15) is 24.4 Å². The lowest BCUT2D eigenvalue weighted by Gasteiger charge is -2.14. The summed E-state index contributed by atoms with van der Waals surface area (Å²) in [5.41, 5.74) is -0.433. The van der Waals surface area contributed by atoms with Crippen LogP contribution in [0.3, 0.4) is 0 Å². The van der Waals surface area contributed by atoms with Gasteiger partial charge in [-0.15, -0.1) is 0 Å². The molecule has 0 bridgehead atoms. The summed E-state index contributed by atoms with van der Waals surface area (Å²) in [5, 5.41) is 4.84.